The van der Waals surface area contributed by atoms with Crippen molar-refractivity contribution in [2.45, 2.75) is 30.9 Å². The number of halogens is 1. The molecule has 2 fully saturated rings. The van der Waals surface area contributed by atoms with Gasteiger partial charge in [0, 0.05) is 34.9 Å². The van der Waals surface area contributed by atoms with Crippen molar-refractivity contribution in [3.63, 3.8) is 0 Å². The van der Waals surface area contributed by atoms with Gasteiger partial charge >= 0.3 is 0 Å². The van der Waals surface area contributed by atoms with Gasteiger partial charge in [-0.2, -0.15) is 0 Å². The van der Waals surface area contributed by atoms with E-state index in [1.165, 1.54) is 9.26 Å². The zero-order valence-corrected chi connectivity index (χ0v) is 12.5. The third kappa shape index (κ3) is 2.81. The lowest BCUT2D eigenvalue weighted by Gasteiger charge is -2.37. The van der Waals surface area contributed by atoms with Gasteiger partial charge in [-0.05, 0) is 53.6 Å². The monoisotopic (exact) mass is 359 g/mol. The summed E-state index contributed by atoms with van der Waals surface area (Å²) in [6.07, 6.45) is 3.17. The molecule has 0 bridgehead atoms. The van der Waals surface area contributed by atoms with E-state index in [0.717, 1.165) is 39.1 Å². The second-order valence-electron chi connectivity index (χ2n) is 5.18. The van der Waals surface area contributed by atoms with Gasteiger partial charge in [-0.1, -0.05) is 6.07 Å². The molecule has 2 unspecified atom stereocenters. The van der Waals surface area contributed by atoms with Crippen LogP contribution in [0.3, 0.4) is 0 Å². The van der Waals surface area contributed by atoms with Gasteiger partial charge < -0.3 is 14.8 Å². The van der Waals surface area contributed by atoms with Crippen LogP contribution in [0.25, 0.3) is 0 Å². The first-order chi connectivity index (χ1) is 8.76. The molecule has 1 aromatic carbocycles. The van der Waals surface area contributed by atoms with Crippen molar-refractivity contribution in [3.8, 4) is 0 Å². The predicted octanol–water partition coefficient (Wildman–Crippen LogP) is 3.04. The number of benzene rings is 1. The first-order valence-corrected chi connectivity index (χ1v) is 7.58. The molecule has 0 aromatic heterocycles. The maximum absolute atomic E-state index is 5.95. The molecule has 2 aliphatic heterocycles. The highest BCUT2D eigenvalue weighted by molar-refractivity contribution is 14.1. The number of hydrogen-bond donors (Lipinski definition) is 1. The fourth-order valence-corrected chi connectivity index (χ4v) is 3.37. The molecular weight excluding hydrogens is 341 g/mol. The van der Waals surface area contributed by atoms with Crippen molar-refractivity contribution >= 4 is 28.3 Å². The molecule has 0 aliphatic carbocycles. The molecule has 3 nitrogen and oxygen atoms in total. The maximum Gasteiger partial charge on any atom is 0.0956 e. The lowest BCUT2D eigenvalue weighted by atomic mass is 9.89. The molecule has 18 heavy (non-hydrogen) atoms. The molecule has 1 spiro atoms. The molecule has 0 saturated carbocycles. The third-order valence-corrected chi connectivity index (χ3v) is 4.43. The van der Waals surface area contributed by atoms with Crippen molar-refractivity contribution in [2.24, 2.45) is 0 Å². The third-order valence-electron chi connectivity index (χ3n) is 3.76. The van der Waals surface area contributed by atoms with E-state index in [2.05, 4.69) is 52.2 Å². The molecule has 2 atom stereocenters. The van der Waals surface area contributed by atoms with Gasteiger partial charge in [0.2, 0.25) is 0 Å². The van der Waals surface area contributed by atoms with Crippen molar-refractivity contribution in [2.75, 3.05) is 25.1 Å². The van der Waals surface area contributed by atoms with E-state index in [-0.39, 0.29) is 5.60 Å². The summed E-state index contributed by atoms with van der Waals surface area (Å²) < 4.78 is 12.7. The van der Waals surface area contributed by atoms with Gasteiger partial charge in [-0.15, -0.1) is 0 Å². The van der Waals surface area contributed by atoms with Crippen LogP contribution in [0, 0.1) is 3.57 Å². The number of rotatable bonds is 2. The minimum absolute atomic E-state index is 0.0160. The lowest BCUT2D eigenvalue weighted by molar-refractivity contribution is -0.0828. The Bertz CT molecular complexity index is 418. The second-order valence-corrected chi connectivity index (χ2v) is 6.42. The zero-order valence-electron chi connectivity index (χ0n) is 10.3. The van der Waals surface area contributed by atoms with Crippen LogP contribution in [-0.2, 0) is 9.47 Å². The van der Waals surface area contributed by atoms with E-state index in [1.807, 2.05) is 0 Å². The van der Waals surface area contributed by atoms with E-state index in [4.69, 9.17) is 9.47 Å². The predicted molar refractivity (Wildman–Crippen MR) is 79.9 cm³/mol. The summed E-state index contributed by atoms with van der Waals surface area (Å²) in [5.74, 6) is 0. The fraction of sp³-hybridized carbons (Fsp3) is 0.571. The van der Waals surface area contributed by atoms with Crippen LogP contribution < -0.4 is 5.32 Å². The maximum atomic E-state index is 5.95. The highest BCUT2D eigenvalue weighted by Gasteiger charge is 2.40. The van der Waals surface area contributed by atoms with Crippen LogP contribution in [0.4, 0.5) is 5.69 Å². The van der Waals surface area contributed by atoms with E-state index in [0.29, 0.717) is 6.04 Å². The van der Waals surface area contributed by atoms with E-state index < -0.39 is 0 Å². The Hall–Kier alpha value is -0.330. The molecule has 3 rings (SSSR count). The standard InChI is InChI=1S/C14H18INO2/c15-11-2-1-3-12(8-11)16-13-4-6-18-14(9-13)5-7-17-10-14/h1-3,8,13,16H,4-7,9-10H2. The van der Waals surface area contributed by atoms with Crippen LogP contribution in [0.2, 0.25) is 0 Å². The average Bonchev–Trinajstić information content (AvgIpc) is 2.77. The Morgan fingerprint density at radius 3 is 3.06 bits per heavy atom. The van der Waals surface area contributed by atoms with Crippen LogP contribution in [-0.4, -0.2) is 31.5 Å². The Balaban J connectivity index is 1.66. The molecule has 0 radical (unpaired) electrons. The number of hydrogen-bond acceptors (Lipinski definition) is 3. The lowest BCUT2D eigenvalue weighted by Crippen LogP contribution is -2.44. The largest absolute Gasteiger partial charge is 0.382 e. The van der Waals surface area contributed by atoms with Crippen molar-refractivity contribution in [3.05, 3.63) is 27.8 Å². The van der Waals surface area contributed by atoms with Gasteiger partial charge in [0.05, 0.1) is 12.2 Å². The summed E-state index contributed by atoms with van der Waals surface area (Å²) >= 11 is 2.35. The summed E-state index contributed by atoms with van der Waals surface area (Å²) in [6.45, 7) is 2.44. The Kier molecular flexibility index (Phi) is 3.77. The molecule has 4 heteroatoms. The molecule has 1 N–H and O–H groups in total. The molecule has 98 valence electrons. The van der Waals surface area contributed by atoms with Gasteiger partial charge in [-0.25, -0.2) is 0 Å². The second kappa shape index (κ2) is 5.35. The summed E-state index contributed by atoms with van der Waals surface area (Å²) in [5, 5.41) is 3.63. The van der Waals surface area contributed by atoms with E-state index in [1.54, 1.807) is 0 Å². The topological polar surface area (TPSA) is 30.5 Å². The molecule has 1 aromatic rings. The summed E-state index contributed by atoms with van der Waals surface area (Å²) in [7, 11) is 0. The number of anilines is 1. The molecule has 2 aliphatic rings. The minimum Gasteiger partial charge on any atom is -0.382 e. The Labute approximate surface area is 121 Å². The van der Waals surface area contributed by atoms with E-state index >= 15 is 0 Å². The van der Waals surface area contributed by atoms with Crippen molar-refractivity contribution in [1.29, 1.82) is 0 Å². The first-order valence-electron chi connectivity index (χ1n) is 6.50. The highest BCUT2D eigenvalue weighted by atomic mass is 127. The van der Waals surface area contributed by atoms with Gasteiger partial charge in [0.1, 0.15) is 0 Å². The molecule has 2 saturated heterocycles. The minimum atomic E-state index is -0.0160. The van der Waals surface area contributed by atoms with Crippen LogP contribution in [0.5, 0.6) is 0 Å². The van der Waals surface area contributed by atoms with Crippen LogP contribution in [0.1, 0.15) is 19.3 Å². The van der Waals surface area contributed by atoms with Crippen molar-refractivity contribution < 1.29 is 9.47 Å². The Morgan fingerprint density at radius 2 is 2.28 bits per heavy atom. The Morgan fingerprint density at radius 1 is 1.33 bits per heavy atom. The number of ether oxygens (including phenoxy) is 2. The van der Waals surface area contributed by atoms with Crippen molar-refractivity contribution in [1.82, 2.24) is 0 Å². The molecule has 2 heterocycles. The normalized spacial score (nSPS) is 31.7. The SMILES string of the molecule is Ic1cccc(NC2CCOC3(CCOC3)C2)c1. The first kappa shape index (κ1) is 12.7. The zero-order chi connectivity index (χ0) is 12.4. The highest BCUT2D eigenvalue weighted by Crippen LogP contribution is 2.34. The smallest absolute Gasteiger partial charge is 0.0956 e. The van der Waals surface area contributed by atoms with Gasteiger partial charge in [-0.3, -0.25) is 0 Å². The van der Waals surface area contributed by atoms with Gasteiger partial charge in [0.25, 0.3) is 0 Å². The van der Waals surface area contributed by atoms with E-state index in [9.17, 15) is 0 Å². The molecule has 0 amide bonds. The average molecular weight is 359 g/mol. The summed E-state index contributed by atoms with van der Waals surface area (Å²) in [4.78, 5) is 0. The number of nitrogens with one attached hydrogen (secondary N) is 1. The van der Waals surface area contributed by atoms with Crippen LogP contribution >= 0.6 is 22.6 Å². The quantitative estimate of drug-likeness (QED) is 0.824. The molecular formula is C14H18INO2. The summed E-state index contributed by atoms with van der Waals surface area (Å²) in [5.41, 5.74) is 1.19. The van der Waals surface area contributed by atoms with Crippen LogP contribution in [0.15, 0.2) is 24.3 Å². The summed E-state index contributed by atoms with van der Waals surface area (Å²) in [6, 6.07) is 9.03. The van der Waals surface area contributed by atoms with Gasteiger partial charge in [0.15, 0.2) is 0 Å². The fourth-order valence-electron chi connectivity index (χ4n) is 2.83.